The van der Waals surface area contributed by atoms with Crippen LogP contribution in [-0.2, 0) is 30.4 Å². The fourth-order valence-corrected chi connectivity index (χ4v) is 4.53. The largest absolute Gasteiger partial charge is 0.416 e. The molecule has 0 aromatic heterocycles. The van der Waals surface area contributed by atoms with Gasteiger partial charge in [0.25, 0.3) is 5.91 Å². The quantitative estimate of drug-likeness (QED) is 0.590. The highest BCUT2D eigenvalue weighted by atomic mass is 19.4. The monoisotopic (exact) mass is 418 g/mol. The molecule has 4 rings (SSSR count). The second kappa shape index (κ2) is 7.43. The fraction of sp³-hybridized carbons (Fsp3) is 0.364. The van der Waals surface area contributed by atoms with Crippen LogP contribution in [0.4, 0.5) is 13.2 Å². The van der Waals surface area contributed by atoms with Crippen molar-refractivity contribution in [2.45, 2.75) is 38.4 Å². The van der Waals surface area contributed by atoms with Gasteiger partial charge in [-0.25, -0.2) is 5.48 Å². The van der Waals surface area contributed by atoms with E-state index in [9.17, 15) is 22.8 Å². The van der Waals surface area contributed by atoms with Crippen molar-refractivity contribution in [2.75, 3.05) is 6.54 Å². The molecule has 1 atom stereocenters. The molecule has 1 aliphatic carbocycles. The number of carbonyl (C=O) groups excluding carboxylic acids is 2. The fourth-order valence-electron chi connectivity index (χ4n) is 4.53. The first kappa shape index (κ1) is 20.4. The van der Waals surface area contributed by atoms with Gasteiger partial charge in [-0.3, -0.25) is 14.8 Å². The summed E-state index contributed by atoms with van der Waals surface area (Å²) in [4.78, 5) is 26.6. The summed E-state index contributed by atoms with van der Waals surface area (Å²) >= 11 is 0. The standard InChI is InChI=1S/C22H21F3N2O3/c23-22(24,25)18-5-1-14(2-6-18)13-27-10-9-21(20(27)29)8-7-15-3-4-16(19(28)26-30)11-17(15)12-21/h1-6,11,30H,7-10,12-13H2,(H,26,28)/t21-/m1/s1. The summed E-state index contributed by atoms with van der Waals surface area (Å²) in [6, 6.07) is 10.1. The van der Waals surface area contributed by atoms with Crippen LogP contribution in [0.1, 0.15) is 45.5 Å². The smallest absolute Gasteiger partial charge is 0.338 e. The zero-order valence-corrected chi connectivity index (χ0v) is 16.1. The van der Waals surface area contributed by atoms with E-state index in [-0.39, 0.29) is 12.5 Å². The molecule has 2 amide bonds. The molecule has 1 heterocycles. The summed E-state index contributed by atoms with van der Waals surface area (Å²) in [6.45, 7) is 0.824. The van der Waals surface area contributed by atoms with Gasteiger partial charge < -0.3 is 4.90 Å². The van der Waals surface area contributed by atoms with Crippen LogP contribution in [0.3, 0.4) is 0 Å². The Balaban J connectivity index is 1.50. The molecule has 2 N–H and O–H groups in total. The molecule has 8 heteroatoms. The van der Waals surface area contributed by atoms with Crippen molar-refractivity contribution in [3.8, 4) is 0 Å². The molecule has 1 spiro atoms. The summed E-state index contributed by atoms with van der Waals surface area (Å²) in [7, 11) is 0. The molecule has 0 unspecified atom stereocenters. The van der Waals surface area contributed by atoms with Crippen LogP contribution in [0, 0.1) is 5.41 Å². The van der Waals surface area contributed by atoms with E-state index in [0.717, 1.165) is 29.7 Å². The van der Waals surface area contributed by atoms with Crippen molar-refractivity contribution in [3.63, 3.8) is 0 Å². The van der Waals surface area contributed by atoms with E-state index >= 15 is 0 Å². The van der Waals surface area contributed by atoms with E-state index in [0.29, 0.717) is 36.9 Å². The molecule has 158 valence electrons. The molecule has 0 bridgehead atoms. The van der Waals surface area contributed by atoms with Crippen molar-refractivity contribution in [3.05, 3.63) is 70.3 Å². The number of halogens is 3. The Kier molecular flexibility index (Phi) is 5.05. The summed E-state index contributed by atoms with van der Waals surface area (Å²) < 4.78 is 38.2. The van der Waals surface area contributed by atoms with Crippen molar-refractivity contribution >= 4 is 11.8 Å². The number of alkyl halides is 3. The molecule has 1 saturated heterocycles. The maximum absolute atomic E-state index is 13.2. The Labute approximate surface area is 171 Å². The number of hydroxylamine groups is 1. The molecule has 1 aliphatic heterocycles. The predicted octanol–water partition coefficient (Wildman–Crippen LogP) is 3.73. The molecular weight excluding hydrogens is 397 g/mol. The molecule has 0 radical (unpaired) electrons. The number of amides is 2. The van der Waals surface area contributed by atoms with E-state index in [1.165, 1.54) is 12.1 Å². The third-order valence-electron chi connectivity index (χ3n) is 6.23. The molecule has 2 aromatic carbocycles. The number of hydrogen-bond acceptors (Lipinski definition) is 3. The Morgan fingerprint density at radius 1 is 1.10 bits per heavy atom. The number of rotatable bonds is 3. The Bertz CT molecular complexity index is 988. The minimum absolute atomic E-state index is 0.00469. The van der Waals surface area contributed by atoms with Crippen molar-refractivity contribution < 1.29 is 28.0 Å². The number of fused-ring (bicyclic) bond motifs is 1. The van der Waals surface area contributed by atoms with Crippen LogP contribution in [0.15, 0.2) is 42.5 Å². The zero-order valence-electron chi connectivity index (χ0n) is 16.1. The van der Waals surface area contributed by atoms with Crippen LogP contribution in [0.25, 0.3) is 0 Å². The third-order valence-corrected chi connectivity index (χ3v) is 6.23. The van der Waals surface area contributed by atoms with Crippen molar-refractivity contribution in [1.82, 2.24) is 10.4 Å². The highest BCUT2D eigenvalue weighted by Crippen LogP contribution is 2.44. The number of nitrogens with zero attached hydrogens (tertiary/aromatic N) is 1. The van der Waals surface area contributed by atoms with Gasteiger partial charge in [-0.05, 0) is 66.6 Å². The van der Waals surface area contributed by atoms with Gasteiger partial charge in [0, 0.05) is 18.7 Å². The number of carbonyl (C=O) groups is 2. The van der Waals surface area contributed by atoms with E-state index in [2.05, 4.69) is 0 Å². The van der Waals surface area contributed by atoms with Gasteiger partial charge in [0.15, 0.2) is 0 Å². The zero-order chi connectivity index (χ0) is 21.5. The Hall–Kier alpha value is -2.87. The van der Waals surface area contributed by atoms with E-state index in [4.69, 9.17) is 5.21 Å². The average molecular weight is 418 g/mol. The number of benzene rings is 2. The first-order chi connectivity index (χ1) is 14.2. The molecule has 2 aromatic rings. The summed E-state index contributed by atoms with van der Waals surface area (Å²) in [5.74, 6) is -0.593. The third kappa shape index (κ3) is 3.67. The Morgan fingerprint density at radius 3 is 2.50 bits per heavy atom. The maximum atomic E-state index is 13.2. The predicted molar refractivity (Wildman–Crippen MR) is 102 cm³/mol. The summed E-state index contributed by atoms with van der Waals surface area (Å²) in [6.07, 6.45) is -1.78. The Morgan fingerprint density at radius 2 is 1.83 bits per heavy atom. The van der Waals surface area contributed by atoms with Crippen LogP contribution < -0.4 is 5.48 Å². The lowest BCUT2D eigenvalue weighted by molar-refractivity contribution is -0.138. The van der Waals surface area contributed by atoms with Gasteiger partial charge >= 0.3 is 6.18 Å². The summed E-state index contributed by atoms with van der Waals surface area (Å²) in [5.41, 5.74) is 3.37. The first-order valence-electron chi connectivity index (χ1n) is 9.74. The van der Waals surface area contributed by atoms with Crippen LogP contribution >= 0.6 is 0 Å². The highest BCUT2D eigenvalue weighted by molar-refractivity contribution is 5.93. The summed E-state index contributed by atoms with van der Waals surface area (Å²) in [5, 5.41) is 8.85. The van der Waals surface area contributed by atoms with Gasteiger partial charge in [0.2, 0.25) is 5.91 Å². The van der Waals surface area contributed by atoms with Crippen LogP contribution in [0.2, 0.25) is 0 Å². The maximum Gasteiger partial charge on any atom is 0.416 e. The van der Waals surface area contributed by atoms with Gasteiger partial charge in [0.05, 0.1) is 11.0 Å². The lowest BCUT2D eigenvalue weighted by atomic mass is 9.70. The van der Waals surface area contributed by atoms with Crippen molar-refractivity contribution in [2.24, 2.45) is 5.41 Å². The molecule has 0 saturated carbocycles. The number of nitrogens with one attached hydrogen (secondary N) is 1. The average Bonchev–Trinajstić information content (AvgIpc) is 3.02. The van der Waals surface area contributed by atoms with Gasteiger partial charge in [0.1, 0.15) is 0 Å². The topological polar surface area (TPSA) is 69.6 Å². The second-order valence-corrected chi connectivity index (χ2v) is 8.05. The van der Waals surface area contributed by atoms with E-state index < -0.39 is 23.1 Å². The van der Waals surface area contributed by atoms with Gasteiger partial charge in [-0.2, -0.15) is 13.2 Å². The number of hydrogen-bond donors (Lipinski definition) is 2. The number of aryl methyl sites for hydroxylation is 1. The van der Waals surface area contributed by atoms with Crippen LogP contribution in [0.5, 0.6) is 0 Å². The number of likely N-dealkylation sites (tertiary alicyclic amines) is 1. The first-order valence-corrected chi connectivity index (χ1v) is 9.74. The SMILES string of the molecule is O=C(NO)c1ccc2c(c1)C[C@@]1(CC2)CCN(Cc2ccc(C(F)(F)F)cc2)C1=O. The highest BCUT2D eigenvalue weighted by Gasteiger charge is 2.48. The molecule has 1 fully saturated rings. The van der Waals surface area contributed by atoms with Gasteiger partial charge in [-0.1, -0.05) is 18.2 Å². The minimum atomic E-state index is -4.38. The normalized spacial score (nSPS) is 21.1. The minimum Gasteiger partial charge on any atom is -0.338 e. The van der Waals surface area contributed by atoms with E-state index in [1.54, 1.807) is 22.5 Å². The molecule has 30 heavy (non-hydrogen) atoms. The molecular formula is C22H21F3N2O3. The molecule has 5 nitrogen and oxygen atoms in total. The lowest BCUT2D eigenvalue weighted by Crippen LogP contribution is -2.38. The van der Waals surface area contributed by atoms with Crippen LogP contribution in [-0.4, -0.2) is 28.5 Å². The van der Waals surface area contributed by atoms with Crippen molar-refractivity contribution in [1.29, 1.82) is 0 Å². The lowest BCUT2D eigenvalue weighted by Gasteiger charge is -2.33. The van der Waals surface area contributed by atoms with E-state index in [1.807, 2.05) is 6.07 Å². The van der Waals surface area contributed by atoms with Gasteiger partial charge in [-0.15, -0.1) is 0 Å². The second-order valence-electron chi connectivity index (χ2n) is 8.05. The molecule has 2 aliphatic rings.